The fraction of sp³-hybridized carbons (Fsp3) is 0.267. The van der Waals surface area contributed by atoms with Gasteiger partial charge in [-0.1, -0.05) is 91.0 Å². The lowest BCUT2D eigenvalue weighted by molar-refractivity contribution is 0.402. The van der Waals surface area contributed by atoms with Crippen LogP contribution in [0.2, 0.25) is 0 Å². The molecule has 1 aromatic heterocycles. The number of nitrogens with two attached hydrogens (primary N) is 1. The van der Waals surface area contributed by atoms with Crippen molar-refractivity contribution in [3.63, 3.8) is 0 Å². The number of benzene rings is 3. The Morgan fingerprint density at radius 3 is 1.77 bits per heavy atom. The van der Waals surface area contributed by atoms with Crippen LogP contribution in [0.1, 0.15) is 29.5 Å². The summed E-state index contributed by atoms with van der Waals surface area (Å²) in [5.74, 6) is 2.36. The summed E-state index contributed by atoms with van der Waals surface area (Å²) in [5.41, 5.74) is 11.3. The zero-order valence-electron chi connectivity index (χ0n) is 20.1. The van der Waals surface area contributed by atoms with Crippen molar-refractivity contribution >= 4 is 17.3 Å². The molecule has 0 bridgehead atoms. The quantitative estimate of drug-likeness (QED) is 0.362. The first kappa shape index (κ1) is 22.9. The Balaban J connectivity index is 1.34. The molecule has 0 unspecified atom stereocenters. The van der Waals surface area contributed by atoms with Crippen LogP contribution < -0.4 is 15.5 Å². The molecule has 0 spiro atoms. The maximum Gasteiger partial charge on any atom is 0.158 e. The van der Waals surface area contributed by atoms with Crippen molar-refractivity contribution in [3.8, 4) is 0 Å². The maximum atomic E-state index is 6.77. The van der Waals surface area contributed by atoms with Crippen molar-refractivity contribution < 1.29 is 0 Å². The van der Waals surface area contributed by atoms with E-state index in [1.54, 1.807) is 6.33 Å². The summed E-state index contributed by atoms with van der Waals surface area (Å²) < 4.78 is 0. The van der Waals surface area contributed by atoms with E-state index >= 15 is 0 Å². The largest absolute Gasteiger partial charge is 0.393 e. The topological polar surface area (TPSA) is 58.3 Å². The Labute approximate surface area is 208 Å². The zero-order valence-corrected chi connectivity index (χ0v) is 20.1. The lowest BCUT2D eigenvalue weighted by atomic mass is 9.90. The Morgan fingerprint density at radius 2 is 1.23 bits per heavy atom. The predicted octanol–water partition coefficient (Wildman–Crippen LogP) is 5.72. The van der Waals surface area contributed by atoms with Gasteiger partial charge in [-0.3, -0.25) is 0 Å². The Morgan fingerprint density at radius 1 is 0.714 bits per heavy atom. The zero-order chi connectivity index (χ0) is 23.9. The van der Waals surface area contributed by atoms with Crippen molar-refractivity contribution in [1.29, 1.82) is 0 Å². The highest BCUT2D eigenvalue weighted by molar-refractivity contribution is 5.76. The fourth-order valence-electron chi connectivity index (χ4n) is 4.99. The number of anilines is 3. The highest BCUT2D eigenvalue weighted by atomic mass is 15.3. The SMILES string of the molecule is Nc1c(N2CCC(Cc3ccccc3)CC2)ncnc1N(Cc1ccccc1)Cc1ccccc1. The molecule has 5 heteroatoms. The van der Waals surface area contributed by atoms with Crippen molar-refractivity contribution in [1.82, 2.24) is 9.97 Å². The first-order valence-electron chi connectivity index (χ1n) is 12.5. The third-order valence-electron chi connectivity index (χ3n) is 6.86. The van der Waals surface area contributed by atoms with Crippen LogP contribution in [0.15, 0.2) is 97.3 Å². The van der Waals surface area contributed by atoms with E-state index in [0.717, 1.165) is 57.1 Å². The molecule has 3 aromatic carbocycles. The Hall–Kier alpha value is -3.86. The number of nitrogen functional groups attached to an aromatic ring is 1. The molecule has 1 aliphatic rings. The molecule has 1 aliphatic heterocycles. The molecule has 0 amide bonds. The van der Waals surface area contributed by atoms with Crippen molar-refractivity contribution in [3.05, 3.63) is 114 Å². The average Bonchev–Trinajstić information content (AvgIpc) is 2.91. The molecule has 4 aromatic rings. The maximum absolute atomic E-state index is 6.77. The van der Waals surface area contributed by atoms with Crippen LogP contribution in [0, 0.1) is 5.92 Å². The molecule has 5 nitrogen and oxygen atoms in total. The molecule has 0 aliphatic carbocycles. The summed E-state index contributed by atoms with van der Waals surface area (Å²) in [6.45, 7) is 3.40. The first-order valence-corrected chi connectivity index (χ1v) is 12.5. The second kappa shape index (κ2) is 11.0. The molecule has 35 heavy (non-hydrogen) atoms. The minimum absolute atomic E-state index is 0.667. The van der Waals surface area contributed by atoms with E-state index in [0.29, 0.717) is 11.6 Å². The molecule has 178 valence electrons. The van der Waals surface area contributed by atoms with Gasteiger partial charge in [0, 0.05) is 26.2 Å². The minimum atomic E-state index is 0.667. The summed E-state index contributed by atoms with van der Waals surface area (Å²) >= 11 is 0. The third kappa shape index (κ3) is 5.80. The summed E-state index contributed by atoms with van der Waals surface area (Å²) in [4.78, 5) is 13.9. The normalized spacial score (nSPS) is 14.1. The molecule has 0 saturated carbocycles. The highest BCUT2D eigenvalue weighted by Crippen LogP contribution is 2.33. The van der Waals surface area contributed by atoms with Crippen LogP contribution in [-0.2, 0) is 19.5 Å². The summed E-state index contributed by atoms with van der Waals surface area (Å²) in [5, 5.41) is 0. The molecular formula is C30H33N5. The fourth-order valence-corrected chi connectivity index (χ4v) is 4.99. The number of rotatable bonds is 8. The molecular weight excluding hydrogens is 430 g/mol. The number of aromatic nitrogens is 2. The van der Waals surface area contributed by atoms with E-state index in [9.17, 15) is 0 Å². The van der Waals surface area contributed by atoms with Gasteiger partial charge in [-0.05, 0) is 41.9 Å². The summed E-state index contributed by atoms with van der Waals surface area (Å²) in [6.07, 6.45) is 5.10. The van der Waals surface area contributed by atoms with Crippen LogP contribution >= 0.6 is 0 Å². The lowest BCUT2D eigenvalue weighted by Gasteiger charge is -2.34. The number of hydrogen-bond acceptors (Lipinski definition) is 5. The van der Waals surface area contributed by atoms with Gasteiger partial charge in [-0.25, -0.2) is 9.97 Å². The second-order valence-corrected chi connectivity index (χ2v) is 9.38. The van der Waals surface area contributed by atoms with Crippen molar-refractivity contribution in [2.45, 2.75) is 32.4 Å². The smallest absolute Gasteiger partial charge is 0.158 e. The summed E-state index contributed by atoms with van der Waals surface area (Å²) in [6, 6.07) is 31.8. The molecule has 0 atom stereocenters. The predicted molar refractivity (Wildman–Crippen MR) is 144 cm³/mol. The van der Waals surface area contributed by atoms with Gasteiger partial charge in [-0.2, -0.15) is 0 Å². The van der Waals surface area contributed by atoms with Gasteiger partial charge in [0.15, 0.2) is 11.6 Å². The van der Waals surface area contributed by atoms with Crippen LogP contribution in [0.4, 0.5) is 17.3 Å². The van der Waals surface area contributed by atoms with Gasteiger partial charge in [0.05, 0.1) is 0 Å². The molecule has 0 radical (unpaired) electrons. The molecule has 2 heterocycles. The van der Waals surface area contributed by atoms with Gasteiger partial charge in [-0.15, -0.1) is 0 Å². The average molecular weight is 464 g/mol. The minimum Gasteiger partial charge on any atom is -0.393 e. The number of nitrogens with zero attached hydrogens (tertiary/aromatic N) is 4. The van der Waals surface area contributed by atoms with Crippen LogP contribution in [-0.4, -0.2) is 23.1 Å². The molecule has 1 saturated heterocycles. The number of hydrogen-bond donors (Lipinski definition) is 1. The van der Waals surface area contributed by atoms with E-state index in [2.05, 4.69) is 98.6 Å². The van der Waals surface area contributed by atoms with E-state index in [1.165, 1.54) is 16.7 Å². The van der Waals surface area contributed by atoms with Gasteiger partial charge in [0.2, 0.25) is 0 Å². The van der Waals surface area contributed by atoms with Crippen molar-refractivity contribution in [2.75, 3.05) is 28.6 Å². The van der Waals surface area contributed by atoms with Gasteiger partial charge in [0.25, 0.3) is 0 Å². The molecule has 2 N–H and O–H groups in total. The second-order valence-electron chi connectivity index (χ2n) is 9.38. The van der Waals surface area contributed by atoms with Gasteiger partial charge in [0.1, 0.15) is 12.0 Å². The van der Waals surface area contributed by atoms with E-state index < -0.39 is 0 Å². The van der Waals surface area contributed by atoms with Gasteiger partial charge >= 0.3 is 0 Å². The monoisotopic (exact) mass is 463 g/mol. The molecule has 5 rings (SSSR count). The van der Waals surface area contributed by atoms with Crippen LogP contribution in [0.25, 0.3) is 0 Å². The lowest BCUT2D eigenvalue weighted by Crippen LogP contribution is -2.36. The Bertz CT molecular complexity index is 1150. The number of piperidine rings is 1. The van der Waals surface area contributed by atoms with Crippen molar-refractivity contribution in [2.24, 2.45) is 5.92 Å². The Kier molecular flexibility index (Phi) is 7.23. The standard InChI is InChI=1S/C30H33N5/c31-28-29(34-18-16-25(17-19-34)20-24-10-4-1-5-11-24)32-23-33-30(28)35(21-26-12-6-2-7-13-26)22-27-14-8-3-9-15-27/h1-15,23,25H,16-22,31H2. The highest BCUT2D eigenvalue weighted by Gasteiger charge is 2.24. The van der Waals surface area contributed by atoms with E-state index in [4.69, 9.17) is 5.73 Å². The van der Waals surface area contributed by atoms with E-state index in [-0.39, 0.29) is 0 Å². The van der Waals surface area contributed by atoms with Crippen LogP contribution in [0.5, 0.6) is 0 Å². The molecule has 1 fully saturated rings. The summed E-state index contributed by atoms with van der Waals surface area (Å²) in [7, 11) is 0. The van der Waals surface area contributed by atoms with Gasteiger partial charge < -0.3 is 15.5 Å². The van der Waals surface area contributed by atoms with Crippen LogP contribution in [0.3, 0.4) is 0 Å². The third-order valence-corrected chi connectivity index (χ3v) is 6.86. The van der Waals surface area contributed by atoms with E-state index in [1.807, 2.05) is 12.1 Å². The first-order chi connectivity index (χ1) is 17.3.